The molecule has 0 aromatic heterocycles. The second-order valence-electron chi connectivity index (χ2n) is 6.93. The van der Waals surface area contributed by atoms with Crippen molar-refractivity contribution in [2.75, 3.05) is 26.6 Å². The third-order valence-electron chi connectivity index (χ3n) is 5.62. The van der Waals surface area contributed by atoms with E-state index in [1.54, 1.807) is 27.4 Å². The average molecular weight is 382 g/mol. The molecule has 0 spiro atoms. The van der Waals surface area contributed by atoms with Crippen LogP contribution < -0.4 is 19.5 Å². The van der Waals surface area contributed by atoms with Gasteiger partial charge in [0, 0.05) is 12.0 Å². The Morgan fingerprint density at radius 1 is 1.11 bits per heavy atom. The molecule has 1 aliphatic carbocycles. The number of hydrogen-bond donors (Lipinski definition) is 1. The number of allylic oxidation sites excluding steroid dienone is 2. The Kier molecular flexibility index (Phi) is 4.58. The van der Waals surface area contributed by atoms with Crippen molar-refractivity contribution < 1.29 is 19.1 Å². The molecular formula is C21H22N2O5. The van der Waals surface area contributed by atoms with E-state index in [2.05, 4.69) is 17.5 Å². The van der Waals surface area contributed by atoms with Gasteiger partial charge < -0.3 is 19.5 Å². The van der Waals surface area contributed by atoms with Crippen LogP contribution in [0.4, 0.5) is 11.4 Å². The van der Waals surface area contributed by atoms with Crippen molar-refractivity contribution >= 4 is 11.4 Å². The van der Waals surface area contributed by atoms with Crippen LogP contribution in [-0.2, 0) is 0 Å². The Labute approximate surface area is 163 Å². The van der Waals surface area contributed by atoms with E-state index in [9.17, 15) is 10.1 Å². The van der Waals surface area contributed by atoms with Crippen molar-refractivity contribution in [3.05, 3.63) is 63.7 Å². The molecule has 0 bridgehead atoms. The number of methoxy groups -OCH3 is 3. The molecule has 7 heteroatoms. The molecule has 1 aliphatic heterocycles. The summed E-state index contributed by atoms with van der Waals surface area (Å²) in [5, 5.41) is 15.0. The van der Waals surface area contributed by atoms with E-state index in [1.807, 2.05) is 18.2 Å². The summed E-state index contributed by atoms with van der Waals surface area (Å²) in [6, 6.07) is 8.96. The van der Waals surface area contributed by atoms with Gasteiger partial charge in [-0.25, -0.2) is 0 Å². The molecule has 2 aromatic rings. The van der Waals surface area contributed by atoms with Gasteiger partial charge in [0.2, 0.25) is 5.75 Å². The summed E-state index contributed by atoms with van der Waals surface area (Å²) in [5.41, 5.74) is 2.58. The summed E-state index contributed by atoms with van der Waals surface area (Å²) in [4.78, 5) is 11.2. The summed E-state index contributed by atoms with van der Waals surface area (Å²) in [7, 11) is 4.72. The zero-order valence-electron chi connectivity index (χ0n) is 16.0. The Balaban J connectivity index is 1.85. The molecule has 1 N–H and O–H groups in total. The molecule has 146 valence electrons. The lowest BCUT2D eigenvalue weighted by molar-refractivity contribution is -0.384. The largest absolute Gasteiger partial charge is 0.493 e. The molecule has 28 heavy (non-hydrogen) atoms. The van der Waals surface area contributed by atoms with Gasteiger partial charge >= 0.3 is 0 Å². The van der Waals surface area contributed by atoms with Crippen LogP contribution in [0.3, 0.4) is 0 Å². The van der Waals surface area contributed by atoms with Crippen molar-refractivity contribution in [1.29, 1.82) is 0 Å². The summed E-state index contributed by atoms with van der Waals surface area (Å²) >= 11 is 0. The van der Waals surface area contributed by atoms with Crippen LogP contribution in [0.25, 0.3) is 0 Å². The highest BCUT2D eigenvalue weighted by Gasteiger charge is 2.41. The van der Waals surface area contributed by atoms with E-state index in [1.165, 1.54) is 6.07 Å². The minimum Gasteiger partial charge on any atom is -0.493 e. The smallest absolute Gasteiger partial charge is 0.292 e. The highest BCUT2D eigenvalue weighted by molar-refractivity contribution is 5.71. The molecule has 3 unspecified atom stereocenters. The fourth-order valence-electron chi connectivity index (χ4n) is 4.37. The molecule has 7 nitrogen and oxygen atoms in total. The van der Waals surface area contributed by atoms with Gasteiger partial charge in [-0.3, -0.25) is 10.1 Å². The average Bonchev–Trinajstić information content (AvgIpc) is 3.21. The van der Waals surface area contributed by atoms with Gasteiger partial charge in [0.1, 0.15) is 5.69 Å². The number of hydrogen-bond acceptors (Lipinski definition) is 6. The maximum Gasteiger partial charge on any atom is 0.292 e. The molecule has 0 amide bonds. The van der Waals surface area contributed by atoms with Crippen LogP contribution in [0.5, 0.6) is 17.2 Å². The van der Waals surface area contributed by atoms with Crippen molar-refractivity contribution in [1.82, 2.24) is 0 Å². The molecule has 1 heterocycles. The number of benzene rings is 2. The van der Waals surface area contributed by atoms with Crippen molar-refractivity contribution in [2.45, 2.75) is 18.4 Å². The molecule has 0 saturated carbocycles. The first kappa shape index (κ1) is 18.2. The van der Waals surface area contributed by atoms with Crippen LogP contribution in [0.1, 0.15) is 29.5 Å². The normalized spacial score (nSPS) is 22.0. The Bertz CT molecular complexity index is 931. The van der Waals surface area contributed by atoms with Gasteiger partial charge in [-0.15, -0.1) is 0 Å². The molecule has 4 rings (SSSR count). The lowest BCUT2D eigenvalue weighted by Gasteiger charge is -2.37. The number of nitro benzene ring substituents is 1. The molecule has 0 fully saturated rings. The summed E-state index contributed by atoms with van der Waals surface area (Å²) in [6.07, 6.45) is 5.19. The first-order valence-corrected chi connectivity index (χ1v) is 9.09. The van der Waals surface area contributed by atoms with Gasteiger partial charge in [-0.2, -0.15) is 0 Å². The van der Waals surface area contributed by atoms with E-state index in [0.29, 0.717) is 22.9 Å². The Morgan fingerprint density at radius 3 is 2.43 bits per heavy atom. The van der Waals surface area contributed by atoms with Gasteiger partial charge in [-0.05, 0) is 35.6 Å². The van der Waals surface area contributed by atoms with E-state index in [-0.39, 0.29) is 28.5 Å². The molecule has 0 radical (unpaired) electrons. The monoisotopic (exact) mass is 382 g/mol. The van der Waals surface area contributed by atoms with E-state index in [4.69, 9.17) is 14.2 Å². The number of nitrogens with one attached hydrogen (secondary N) is 1. The maximum absolute atomic E-state index is 11.6. The highest BCUT2D eigenvalue weighted by Crippen LogP contribution is 2.53. The Hall–Kier alpha value is -3.22. The number of nitro groups is 1. The number of anilines is 1. The number of rotatable bonds is 5. The minimum atomic E-state index is -0.336. The van der Waals surface area contributed by atoms with Crippen LogP contribution in [0, 0.1) is 16.0 Å². The first-order valence-electron chi connectivity index (χ1n) is 9.09. The molecule has 2 aliphatic rings. The second-order valence-corrected chi connectivity index (χ2v) is 6.93. The summed E-state index contributed by atoms with van der Waals surface area (Å²) in [5.74, 6) is 2.03. The SMILES string of the molecule is COc1cc(C2Nc3c(cccc3[N+](=O)[O-])C3C=CCC32)cc(OC)c1OC. The fraction of sp³-hybridized carbons (Fsp3) is 0.333. The third kappa shape index (κ3) is 2.74. The predicted octanol–water partition coefficient (Wildman–Crippen LogP) is 4.45. The standard InChI is InChI=1S/C21H22N2O5/c1-26-17-10-12(11-18(27-2)21(17)28-3)19-14-7-4-6-13(14)15-8-5-9-16(23(24)25)20(15)22-19/h4-6,8-11,13-14,19,22H,7H2,1-3H3. The molecule has 0 saturated heterocycles. The Morgan fingerprint density at radius 2 is 1.82 bits per heavy atom. The zero-order valence-corrected chi connectivity index (χ0v) is 16.0. The lowest BCUT2D eigenvalue weighted by Crippen LogP contribution is -2.29. The minimum absolute atomic E-state index is 0.0914. The molecular weight excluding hydrogens is 360 g/mol. The van der Waals surface area contributed by atoms with Gasteiger partial charge in [0.05, 0.1) is 32.3 Å². The summed E-state index contributed by atoms with van der Waals surface area (Å²) < 4.78 is 16.4. The van der Waals surface area contributed by atoms with Crippen molar-refractivity contribution in [2.24, 2.45) is 5.92 Å². The van der Waals surface area contributed by atoms with Crippen molar-refractivity contribution in [3.63, 3.8) is 0 Å². The number of nitrogens with zero attached hydrogens (tertiary/aromatic N) is 1. The van der Waals surface area contributed by atoms with Crippen LogP contribution in [0.15, 0.2) is 42.5 Å². The van der Waals surface area contributed by atoms with Crippen LogP contribution >= 0.6 is 0 Å². The zero-order chi connectivity index (χ0) is 19.8. The summed E-state index contributed by atoms with van der Waals surface area (Å²) in [6.45, 7) is 0. The lowest BCUT2D eigenvalue weighted by atomic mass is 9.76. The number of ether oxygens (including phenoxy) is 3. The van der Waals surface area contributed by atoms with Gasteiger partial charge in [0.25, 0.3) is 5.69 Å². The van der Waals surface area contributed by atoms with E-state index >= 15 is 0 Å². The number of fused-ring (bicyclic) bond motifs is 3. The quantitative estimate of drug-likeness (QED) is 0.467. The predicted molar refractivity (Wildman–Crippen MR) is 106 cm³/mol. The second kappa shape index (κ2) is 7.07. The van der Waals surface area contributed by atoms with Gasteiger partial charge in [-0.1, -0.05) is 24.3 Å². The van der Waals surface area contributed by atoms with Crippen LogP contribution in [-0.4, -0.2) is 26.3 Å². The molecule has 2 aromatic carbocycles. The van der Waals surface area contributed by atoms with Gasteiger partial charge in [0.15, 0.2) is 11.5 Å². The van der Waals surface area contributed by atoms with E-state index in [0.717, 1.165) is 17.5 Å². The van der Waals surface area contributed by atoms with Crippen molar-refractivity contribution in [3.8, 4) is 17.2 Å². The maximum atomic E-state index is 11.6. The topological polar surface area (TPSA) is 82.9 Å². The first-order chi connectivity index (χ1) is 13.6. The third-order valence-corrected chi connectivity index (χ3v) is 5.62. The number of para-hydroxylation sites is 1. The van der Waals surface area contributed by atoms with Crippen LogP contribution in [0.2, 0.25) is 0 Å². The fourth-order valence-corrected chi connectivity index (χ4v) is 4.37. The molecule has 3 atom stereocenters. The van der Waals surface area contributed by atoms with E-state index < -0.39 is 0 Å². The highest BCUT2D eigenvalue weighted by atomic mass is 16.6.